The van der Waals surface area contributed by atoms with Gasteiger partial charge >= 0.3 is 0 Å². The molecule has 0 fully saturated rings. The predicted octanol–water partition coefficient (Wildman–Crippen LogP) is 2.93. The molecule has 0 saturated heterocycles. The van der Waals surface area contributed by atoms with Crippen LogP contribution in [0.2, 0.25) is 0 Å². The first-order chi connectivity index (χ1) is 9.13. The largest absolute Gasteiger partial charge is 0.375 e. The van der Waals surface area contributed by atoms with Gasteiger partial charge in [0.2, 0.25) is 0 Å². The Bertz CT molecular complexity index is 732. The van der Waals surface area contributed by atoms with Crippen LogP contribution >= 0.6 is 11.3 Å². The smallest absolute Gasteiger partial charge is 0.181 e. The third-order valence-electron chi connectivity index (χ3n) is 2.71. The lowest BCUT2D eigenvalue weighted by Crippen LogP contribution is -1.85. The number of aromatic nitrogens is 3. The summed E-state index contributed by atoms with van der Waals surface area (Å²) < 4.78 is 15.0. The van der Waals surface area contributed by atoms with Crippen LogP contribution < -0.4 is 5.73 Å². The number of benzene rings is 1. The van der Waals surface area contributed by atoms with E-state index in [0.717, 1.165) is 21.7 Å². The van der Waals surface area contributed by atoms with Crippen LogP contribution in [0.25, 0.3) is 21.7 Å². The van der Waals surface area contributed by atoms with Gasteiger partial charge in [-0.05, 0) is 17.7 Å². The Hall–Kier alpha value is -2.21. The first-order valence-corrected chi connectivity index (χ1v) is 6.46. The van der Waals surface area contributed by atoms with Crippen molar-refractivity contribution in [2.45, 2.75) is 0 Å². The first-order valence-electron chi connectivity index (χ1n) is 5.65. The van der Waals surface area contributed by atoms with Gasteiger partial charge in [-0.25, -0.2) is 9.37 Å². The minimum absolute atomic E-state index is 0.276. The SMILES string of the molecule is Cn1cc(-c2nc(N)sc2-c2cccc(F)c2)cn1. The van der Waals surface area contributed by atoms with Gasteiger partial charge < -0.3 is 5.73 Å². The van der Waals surface area contributed by atoms with Gasteiger partial charge in [0.1, 0.15) is 5.82 Å². The van der Waals surface area contributed by atoms with Crippen molar-refractivity contribution in [1.82, 2.24) is 14.8 Å². The zero-order valence-corrected chi connectivity index (χ0v) is 11.0. The van der Waals surface area contributed by atoms with E-state index in [4.69, 9.17) is 5.73 Å². The molecule has 0 spiro atoms. The van der Waals surface area contributed by atoms with Gasteiger partial charge in [0, 0.05) is 18.8 Å². The highest BCUT2D eigenvalue weighted by Gasteiger charge is 2.15. The van der Waals surface area contributed by atoms with Crippen LogP contribution in [0.4, 0.5) is 9.52 Å². The van der Waals surface area contributed by atoms with Crippen molar-refractivity contribution >= 4 is 16.5 Å². The van der Waals surface area contributed by atoms with Crippen molar-refractivity contribution < 1.29 is 4.39 Å². The van der Waals surface area contributed by atoms with Gasteiger partial charge in [-0.3, -0.25) is 4.68 Å². The highest BCUT2D eigenvalue weighted by molar-refractivity contribution is 7.19. The lowest BCUT2D eigenvalue weighted by molar-refractivity contribution is 0.628. The molecule has 0 bridgehead atoms. The highest BCUT2D eigenvalue weighted by atomic mass is 32.1. The van der Waals surface area contributed by atoms with E-state index < -0.39 is 0 Å². The monoisotopic (exact) mass is 274 g/mol. The van der Waals surface area contributed by atoms with E-state index in [0.29, 0.717) is 5.13 Å². The molecule has 0 aliphatic carbocycles. The maximum Gasteiger partial charge on any atom is 0.181 e. The minimum atomic E-state index is -0.276. The number of nitrogen functional groups attached to an aromatic ring is 1. The molecule has 4 nitrogen and oxygen atoms in total. The van der Waals surface area contributed by atoms with Crippen molar-refractivity contribution in [3.05, 3.63) is 42.5 Å². The molecule has 2 N–H and O–H groups in total. The number of nitrogens with zero attached hydrogens (tertiary/aromatic N) is 3. The van der Waals surface area contributed by atoms with E-state index in [1.807, 2.05) is 19.3 Å². The number of rotatable bonds is 2. The summed E-state index contributed by atoms with van der Waals surface area (Å²) in [6.07, 6.45) is 3.58. The summed E-state index contributed by atoms with van der Waals surface area (Å²) in [5.41, 5.74) is 8.16. The molecule has 3 aromatic rings. The number of aryl methyl sites for hydroxylation is 1. The van der Waals surface area contributed by atoms with Crippen molar-refractivity contribution in [3.63, 3.8) is 0 Å². The second-order valence-electron chi connectivity index (χ2n) is 4.14. The molecule has 0 aliphatic rings. The van der Waals surface area contributed by atoms with Crippen LogP contribution in [-0.4, -0.2) is 14.8 Å². The Morgan fingerprint density at radius 1 is 1.32 bits per heavy atom. The summed E-state index contributed by atoms with van der Waals surface area (Å²) in [4.78, 5) is 5.17. The molecule has 2 aromatic heterocycles. The Balaban J connectivity index is 2.17. The molecule has 0 amide bonds. The predicted molar refractivity (Wildman–Crippen MR) is 74.1 cm³/mol. The number of halogens is 1. The maximum absolute atomic E-state index is 13.3. The molecule has 2 heterocycles. The highest BCUT2D eigenvalue weighted by Crippen LogP contribution is 2.37. The van der Waals surface area contributed by atoms with Crippen LogP contribution in [0.3, 0.4) is 0 Å². The molecule has 0 unspecified atom stereocenters. The summed E-state index contributed by atoms with van der Waals surface area (Å²) in [5.74, 6) is -0.276. The number of anilines is 1. The molecule has 19 heavy (non-hydrogen) atoms. The lowest BCUT2D eigenvalue weighted by atomic mass is 10.1. The van der Waals surface area contributed by atoms with Gasteiger partial charge in [0.15, 0.2) is 5.13 Å². The molecule has 1 aromatic carbocycles. The fourth-order valence-electron chi connectivity index (χ4n) is 1.90. The standard InChI is InChI=1S/C13H11FN4S/c1-18-7-9(6-16-18)11-12(19-13(15)17-11)8-3-2-4-10(14)5-8/h2-7H,1H3,(H2,15,17). The third kappa shape index (κ3) is 2.22. The molecular weight excluding hydrogens is 263 g/mol. The summed E-state index contributed by atoms with van der Waals surface area (Å²) in [6.45, 7) is 0. The van der Waals surface area contributed by atoms with Crippen molar-refractivity contribution in [2.24, 2.45) is 7.05 Å². The second-order valence-corrected chi connectivity index (χ2v) is 5.17. The van der Waals surface area contributed by atoms with Crippen LogP contribution in [0.1, 0.15) is 0 Å². The topological polar surface area (TPSA) is 56.7 Å². The van der Waals surface area contributed by atoms with Crippen molar-refractivity contribution in [2.75, 3.05) is 5.73 Å². The average Bonchev–Trinajstić information content (AvgIpc) is 2.95. The molecule has 6 heteroatoms. The summed E-state index contributed by atoms with van der Waals surface area (Å²) in [7, 11) is 1.83. The quantitative estimate of drug-likeness (QED) is 0.781. The molecule has 96 valence electrons. The zero-order chi connectivity index (χ0) is 13.4. The van der Waals surface area contributed by atoms with E-state index in [1.165, 1.54) is 23.5 Å². The van der Waals surface area contributed by atoms with E-state index in [1.54, 1.807) is 16.9 Å². The van der Waals surface area contributed by atoms with Crippen molar-refractivity contribution in [1.29, 1.82) is 0 Å². The van der Waals surface area contributed by atoms with E-state index >= 15 is 0 Å². The Morgan fingerprint density at radius 2 is 2.16 bits per heavy atom. The van der Waals surface area contributed by atoms with Crippen LogP contribution in [0.5, 0.6) is 0 Å². The first kappa shape index (κ1) is 11.9. The molecule has 0 radical (unpaired) electrons. The summed E-state index contributed by atoms with van der Waals surface area (Å²) >= 11 is 1.34. The number of nitrogens with two attached hydrogens (primary N) is 1. The maximum atomic E-state index is 13.3. The molecule has 0 saturated carbocycles. The number of hydrogen-bond donors (Lipinski definition) is 1. The normalized spacial score (nSPS) is 10.8. The third-order valence-corrected chi connectivity index (χ3v) is 3.64. The average molecular weight is 274 g/mol. The molecule has 3 rings (SSSR count). The van der Waals surface area contributed by atoms with Crippen molar-refractivity contribution in [3.8, 4) is 21.7 Å². The Kier molecular flexibility index (Phi) is 2.79. The van der Waals surface area contributed by atoms with Crippen LogP contribution in [-0.2, 0) is 7.05 Å². The Morgan fingerprint density at radius 3 is 2.84 bits per heavy atom. The minimum Gasteiger partial charge on any atom is -0.375 e. The Labute approximate surface area is 113 Å². The van der Waals surface area contributed by atoms with E-state index in [-0.39, 0.29) is 5.82 Å². The van der Waals surface area contributed by atoms with E-state index in [9.17, 15) is 4.39 Å². The lowest BCUT2D eigenvalue weighted by Gasteiger charge is -2.00. The number of hydrogen-bond acceptors (Lipinski definition) is 4. The molecular formula is C13H11FN4S. The van der Waals surface area contributed by atoms with Crippen LogP contribution in [0, 0.1) is 5.82 Å². The fourth-order valence-corrected chi connectivity index (χ4v) is 2.75. The summed E-state index contributed by atoms with van der Waals surface area (Å²) in [5, 5.41) is 4.58. The van der Waals surface area contributed by atoms with Gasteiger partial charge in [-0.1, -0.05) is 23.5 Å². The van der Waals surface area contributed by atoms with Gasteiger partial charge in [-0.2, -0.15) is 5.10 Å². The zero-order valence-electron chi connectivity index (χ0n) is 10.2. The second kappa shape index (κ2) is 4.47. The number of thiazole rings is 1. The van der Waals surface area contributed by atoms with Gasteiger partial charge in [0.25, 0.3) is 0 Å². The van der Waals surface area contributed by atoms with E-state index in [2.05, 4.69) is 10.1 Å². The van der Waals surface area contributed by atoms with Gasteiger partial charge in [-0.15, -0.1) is 0 Å². The molecule has 0 aliphatic heterocycles. The summed E-state index contributed by atoms with van der Waals surface area (Å²) in [6, 6.07) is 6.41. The van der Waals surface area contributed by atoms with Crippen LogP contribution in [0.15, 0.2) is 36.7 Å². The molecule has 0 atom stereocenters. The fraction of sp³-hybridized carbons (Fsp3) is 0.0769. The van der Waals surface area contributed by atoms with Gasteiger partial charge in [0.05, 0.1) is 16.8 Å².